The SMILES string of the molecule is CCN(C(C)C)S(=O)(=O)CC1(NC(=O)N[C@H](C(=O)N2C[C@H]3[C@@H]([C@H]2C(=O)N[C@@H](CC2CC2)C(=O)C(=O)NC2CC2)C3(C)C)C2(C)CCCCC2)CCCCC1. The van der Waals surface area contributed by atoms with Gasteiger partial charge >= 0.3 is 6.03 Å². The summed E-state index contributed by atoms with van der Waals surface area (Å²) in [4.78, 5) is 71.4. The molecule has 5 atom stereocenters. The van der Waals surface area contributed by atoms with Crippen LogP contribution in [0.4, 0.5) is 4.79 Å². The minimum Gasteiger partial charge on any atom is -0.347 e. The van der Waals surface area contributed by atoms with E-state index in [1.54, 1.807) is 4.90 Å². The van der Waals surface area contributed by atoms with Gasteiger partial charge in [0.2, 0.25) is 27.6 Å². The van der Waals surface area contributed by atoms with Gasteiger partial charge in [-0.2, -0.15) is 4.31 Å². The number of nitrogens with zero attached hydrogens (tertiary/aromatic N) is 2. The summed E-state index contributed by atoms with van der Waals surface area (Å²) in [5, 5.41) is 11.9. The Labute approximate surface area is 322 Å². The molecule has 304 valence electrons. The van der Waals surface area contributed by atoms with Crippen LogP contribution in [0.5, 0.6) is 0 Å². The Hall–Kier alpha value is -2.74. The largest absolute Gasteiger partial charge is 0.347 e. The summed E-state index contributed by atoms with van der Waals surface area (Å²) < 4.78 is 28.9. The smallest absolute Gasteiger partial charge is 0.315 e. The van der Waals surface area contributed by atoms with Gasteiger partial charge in [0.1, 0.15) is 12.1 Å². The predicted molar refractivity (Wildman–Crippen MR) is 205 cm³/mol. The lowest BCUT2D eigenvalue weighted by Gasteiger charge is -2.44. The fraction of sp³-hybridized carbons (Fsp3) is 0.875. The average Bonchev–Trinajstić information content (AvgIpc) is 4.06. The molecule has 5 saturated carbocycles. The minimum atomic E-state index is -3.70. The number of urea groups is 1. The van der Waals surface area contributed by atoms with Crippen molar-refractivity contribution in [1.29, 1.82) is 0 Å². The second kappa shape index (κ2) is 15.7. The van der Waals surface area contributed by atoms with Gasteiger partial charge < -0.3 is 26.2 Å². The summed E-state index contributed by atoms with van der Waals surface area (Å²) in [6, 6.07) is -3.51. The lowest BCUT2D eigenvalue weighted by molar-refractivity contribution is -0.146. The zero-order chi connectivity index (χ0) is 39.2. The Morgan fingerprint density at radius 2 is 1.46 bits per heavy atom. The molecule has 6 aliphatic rings. The molecule has 6 rings (SSSR count). The van der Waals surface area contributed by atoms with Crippen molar-refractivity contribution in [3.63, 3.8) is 0 Å². The Morgan fingerprint density at radius 3 is 2.02 bits per heavy atom. The van der Waals surface area contributed by atoms with Crippen LogP contribution in [0.25, 0.3) is 0 Å². The van der Waals surface area contributed by atoms with Gasteiger partial charge in [-0.1, -0.05) is 79.1 Å². The highest BCUT2D eigenvalue weighted by molar-refractivity contribution is 7.89. The van der Waals surface area contributed by atoms with Crippen LogP contribution >= 0.6 is 0 Å². The molecular weight excluding hydrogens is 709 g/mol. The highest BCUT2D eigenvalue weighted by Gasteiger charge is 2.70. The first-order chi connectivity index (χ1) is 25.4. The highest BCUT2D eigenvalue weighted by Crippen LogP contribution is 2.65. The topological polar surface area (TPSA) is 174 Å². The van der Waals surface area contributed by atoms with Gasteiger partial charge in [-0.3, -0.25) is 19.2 Å². The lowest BCUT2D eigenvalue weighted by atomic mass is 9.70. The van der Waals surface area contributed by atoms with Gasteiger partial charge in [0.05, 0.1) is 17.3 Å². The second-order valence-corrected chi connectivity index (χ2v) is 20.8. The van der Waals surface area contributed by atoms with Crippen molar-refractivity contribution in [3.8, 4) is 0 Å². The van der Waals surface area contributed by atoms with Crippen molar-refractivity contribution in [2.75, 3.05) is 18.8 Å². The first-order valence-electron chi connectivity index (χ1n) is 20.9. The third kappa shape index (κ3) is 8.79. The Kier molecular flexibility index (Phi) is 11.9. The highest BCUT2D eigenvalue weighted by atomic mass is 32.2. The number of hydrogen-bond acceptors (Lipinski definition) is 7. The van der Waals surface area contributed by atoms with Crippen molar-refractivity contribution in [2.24, 2.45) is 28.6 Å². The van der Waals surface area contributed by atoms with Gasteiger partial charge in [0, 0.05) is 25.2 Å². The molecule has 0 aromatic heterocycles. The number of carbonyl (C=O) groups is 5. The van der Waals surface area contributed by atoms with E-state index in [1.165, 1.54) is 4.31 Å². The van der Waals surface area contributed by atoms with E-state index in [9.17, 15) is 32.4 Å². The van der Waals surface area contributed by atoms with Gasteiger partial charge in [-0.05, 0) is 87.4 Å². The van der Waals surface area contributed by atoms with Gasteiger partial charge in [-0.25, -0.2) is 13.2 Å². The molecule has 0 radical (unpaired) electrons. The second-order valence-electron chi connectivity index (χ2n) is 18.9. The van der Waals surface area contributed by atoms with Crippen LogP contribution in [0.1, 0.15) is 138 Å². The minimum absolute atomic E-state index is 0.0148. The van der Waals surface area contributed by atoms with Crippen LogP contribution in [0, 0.1) is 28.6 Å². The van der Waals surface area contributed by atoms with Crippen LogP contribution in [0.15, 0.2) is 0 Å². The van der Waals surface area contributed by atoms with Crippen LogP contribution in [0.2, 0.25) is 0 Å². The normalized spacial score (nSPS) is 28.1. The summed E-state index contributed by atoms with van der Waals surface area (Å²) in [5.74, 6) is -2.01. The molecule has 0 spiro atoms. The van der Waals surface area contributed by atoms with E-state index in [1.807, 2.05) is 27.7 Å². The molecule has 1 saturated heterocycles. The van der Waals surface area contributed by atoms with Gasteiger partial charge in [-0.15, -0.1) is 0 Å². The zero-order valence-electron chi connectivity index (χ0n) is 33.5. The van der Waals surface area contributed by atoms with E-state index in [0.717, 1.165) is 77.0 Å². The molecule has 6 fully saturated rings. The van der Waals surface area contributed by atoms with Crippen molar-refractivity contribution < 1.29 is 32.4 Å². The number of carbonyl (C=O) groups excluding carboxylic acids is 5. The van der Waals surface area contributed by atoms with E-state index in [2.05, 4.69) is 35.1 Å². The van der Waals surface area contributed by atoms with Crippen molar-refractivity contribution >= 4 is 39.6 Å². The summed E-state index contributed by atoms with van der Waals surface area (Å²) in [6.07, 6.45) is 11.9. The molecule has 1 aliphatic heterocycles. The number of amides is 5. The molecule has 13 nitrogen and oxygen atoms in total. The number of rotatable bonds is 16. The first-order valence-corrected chi connectivity index (χ1v) is 22.6. The number of fused-ring (bicyclic) bond motifs is 1. The van der Waals surface area contributed by atoms with Gasteiger partial charge in [0.25, 0.3) is 5.91 Å². The molecule has 0 aromatic rings. The molecular formula is C40H66N6O7S. The number of Topliss-reactive ketones (excluding diaryl/α,β-unsaturated/α-hetero) is 1. The Balaban J connectivity index is 1.23. The maximum Gasteiger partial charge on any atom is 0.315 e. The first kappa shape index (κ1) is 40.9. The van der Waals surface area contributed by atoms with Gasteiger partial charge in [0.15, 0.2) is 0 Å². The van der Waals surface area contributed by atoms with Crippen LogP contribution in [-0.2, 0) is 29.2 Å². The summed E-state index contributed by atoms with van der Waals surface area (Å²) in [7, 11) is -3.70. The van der Waals surface area contributed by atoms with E-state index < -0.39 is 62.7 Å². The number of sulfonamides is 1. The summed E-state index contributed by atoms with van der Waals surface area (Å²) in [5.41, 5.74) is -1.74. The Bertz CT molecular complexity index is 1560. The summed E-state index contributed by atoms with van der Waals surface area (Å²) >= 11 is 0. The number of nitrogens with one attached hydrogen (secondary N) is 4. The number of hydrogen-bond donors (Lipinski definition) is 4. The fourth-order valence-corrected chi connectivity index (χ4v) is 12.5. The van der Waals surface area contributed by atoms with Crippen LogP contribution in [-0.4, -0.2) is 102 Å². The van der Waals surface area contributed by atoms with Crippen molar-refractivity contribution in [2.45, 2.75) is 174 Å². The molecule has 1 heterocycles. The number of likely N-dealkylation sites (tertiary alicyclic amines) is 1. The fourth-order valence-electron chi connectivity index (χ4n) is 10.2. The number of piperidine rings is 1. The molecule has 0 bridgehead atoms. The predicted octanol–water partition coefficient (Wildman–Crippen LogP) is 4.00. The van der Waals surface area contributed by atoms with E-state index in [4.69, 9.17) is 0 Å². The van der Waals surface area contributed by atoms with E-state index >= 15 is 0 Å². The molecule has 5 amide bonds. The third-order valence-corrected chi connectivity index (χ3v) is 16.2. The maximum absolute atomic E-state index is 15.0. The summed E-state index contributed by atoms with van der Waals surface area (Å²) in [6.45, 7) is 12.5. The number of ketones is 1. The molecule has 0 unspecified atom stereocenters. The van der Waals surface area contributed by atoms with Crippen LogP contribution < -0.4 is 21.3 Å². The van der Waals surface area contributed by atoms with Crippen LogP contribution in [0.3, 0.4) is 0 Å². The maximum atomic E-state index is 15.0. The van der Waals surface area contributed by atoms with Crippen molar-refractivity contribution in [1.82, 2.24) is 30.5 Å². The quantitative estimate of drug-likeness (QED) is 0.172. The lowest BCUT2D eigenvalue weighted by Crippen LogP contribution is -2.65. The van der Waals surface area contributed by atoms with Crippen molar-refractivity contribution in [3.05, 3.63) is 0 Å². The molecule has 14 heteroatoms. The Morgan fingerprint density at radius 1 is 0.852 bits per heavy atom. The molecule has 54 heavy (non-hydrogen) atoms. The molecule has 5 aliphatic carbocycles. The van der Waals surface area contributed by atoms with E-state index in [-0.39, 0.29) is 46.9 Å². The third-order valence-electron chi connectivity index (χ3n) is 13.9. The monoisotopic (exact) mass is 774 g/mol. The standard InChI is InChI=1S/C40H66N6O7S/c1-7-46(25(2)3)54(52,53)24-40(20-12-9-13-21-40)44-37(51)43-33(39(6)18-10-8-11-19-39)36(50)45-23-28-30(38(28,4)5)31(45)34(48)42-29(22-26-14-15-26)32(47)35(49)41-27-16-17-27/h25-31,33H,7-24H2,1-6H3,(H,41,49)(H,42,48)(H2,43,44,51)/t28-,29-,30-,31-,33+/m0/s1. The zero-order valence-corrected chi connectivity index (χ0v) is 34.3. The molecule has 4 N–H and O–H groups in total. The van der Waals surface area contributed by atoms with E-state index in [0.29, 0.717) is 32.4 Å². The average molecular weight is 775 g/mol. The molecule has 0 aromatic carbocycles.